The maximum absolute atomic E-state index is 3.63. The first-order valence-corrected chi connectivity index (χ1v) is 7.57. The molecule has 0 saturated heterocycles. The summed E-state index contributed by atoms with van der Waals surface area (Å²) in [6.45, 7) is 5.26. The maximum Gasteiger partial charge on any atom is 0.0582 e. The Morgan fingerprint density at radius 2 is 1.67 bits per heavy atom. The average molecular weight is 275 g/mol. The Kier molecular flexibility index (Phi) is 4.03. The highest BCUT2D eigenvalue weighted by molar-refractivity contribution is 5.86. The van der Waals surface area contributed by atoms with Crippen LogP contribution in [-0.2, 0) is 0 Å². The van der Waals surface area contributed by atoms with Crippen molar-refractivity contribution < 1.29 is 0 Å². The summed E-state index contributed by atoms with van der Waals surface area (Å²) in [7, 11) is 0. The predicted octanol–water partition coefficient (Wildman–Crippen LogP) is 4.85. The van der Waals surface area contributed by atoms with Crippen LogP contribution in [0.2, 0.25) is 0 Å². The normalized spacial score (nSPS) is 12.5. The van der Waals surface area contributed by atoms with Crippen LogP contribution in [0.4, 0.5) is 0 Å². The minimum atomic E-state index is 0.237. The first-order chi connectivity index (χ1) is 10.3. The molecule has 0 aliphatic heterocycles. The molecule has 1 unspecified atom stereocenters. The van der Waals surface area contributed by atoms with Crippen LogP contribution in [0.25, 0.3) is 10.8 Å². The molecule has 0 aromatic heterocycles. The number of hydrogen-bond donors (Lipinski definition) is 1. The number of rotatable bonds is 4. The zero-order chi connectivity index (χ0) is 14.7. The summed E-state index contributed by atoms with van der Waals surface area (Å²) in [5.41, 5.74) is 3.98. The SMILES string of the molecule is CCNC(c1cccc(C)c1)c1cccc2ccccc12. The molecule has 0 saturated carbocycles. The monoisotopic (exact) mass is 275 g/mol. The molecule has 21 heavy (non-hydrogen) atoms. The van der Waals surface area contributed by atoms with Crippen LogP contribution in [0.3, 0.4) is 0 Å². The Hall–Kier alpha value is -2.12. The molecule has 3 aromatic carbocycles. The molecule has 0 aliphatic carbocycles. The highest BCUT2D eigenvalue weighted by Gasteiger charge is 2.15. The molecule has 1 atom stereocenters. The molecule has 3 rings (SSSR count). The van der Waals surface area contributed by atoms with Crippen molar-refractivity contribution in [2.75, 3.05) is 6.54 Å². The molecule has 0 heterocycles. The fourth-order valence-electron chi connectivity index (χ4n) is 2.96. The van der Waals surface area contributed by atoms with E-state index in [0.29, 0.717) is 0 Å². The molecule has 0 bridgehead atoms. The molecule has 106 valence electrons. The van der Waals surface area contributed by atoms with Crippen LogP contribution < -0.4 is 5.32 Å². The Bertz CT molecular complexity index is 740. The van der Waals surface area contributed by atoms with Crippen LogP contribution in [0.5, 0.6) is 0 Å². The zero-order valence-electron chi connectivity index (χ0n) is 12.6. The second-order valence-corrected chi connectivity index (χ2v) is 5.47. The largest absolute Gasteiger partial charge is 0.307 e. The summed E-state index contributed by atoms with van der Waals surface area (Å²) in [5, 5.41) is 6.26. The van der Waals surface area contributed by atoms with Gasteiger partial charge in [0.1, 0.15) is 0 Å². The van der Waals surface area contributed by atoms with Crippen molar-refractivity contribution in [1.29, 1.82) is 0 Å². The van der Waals surface area contributed by atoms with E-state index in [9.17, 15) is 0 Å². The van der Waals surface area contributed by atoms with Crippen LogP contribution in [-0.4, -0.2) is 6.54 Å². The van der Waals surface area contributed by atoms with Gasteiger partial charge >= 0.3 is 0 Å². The summed E-state index contributed by atoms with van der Waals surface area (Å²) in [6, 6.07) is 24.2. The van der Waals surface area contributed by atoms with Gasteiger partial charge in [-0.1, -0.05) is 79.2 Å². The van der Waals surface area contributed by atoms with Crippen molar-refractivity contribution in [3.05, 3.63) is 83.4 Å². The second kappa shape index (κ2) is 6.11. The van der Waals surface area contributed by atoms with Crippen LogP contribution >= 0.6 is 0 Å². The van der Waals surface area contributed by atoms with Gasteiger partial charge in [0.05, 0.1) is 6.04 Å². The van der Waals surface area contributed by atoms with Crippen molar-refractivity contribution >= 4 is 10.8 Å². The molecule has 0 amide bonds. The van der Waals surface area contributed by atoms with E-state index in [1.54, 1.807) is 0 Å². The second-order valence-electron chi connectivity index (χ2n) is 5.47. The minimum Gasteiger partial charge on any atom is -0.307 e. The van der Waals surface area contributed by atoms with Gasteiger partial charge in [0, 0.05) is 0 Å². The van der Waals surface area contributed by atoms with E-state index in [1.807, 2.05) is 0 Å². The molecular weight excluding hydrogens is 254 g/mol. The molecule has 3 aromatic rings. The minimum absolute atomic E-state index is 0.237. The lowest BCUT2D eigenvalue weighted by atomic mass is 9.93. The Morgan fingerprint density at radius 1 is 0.905 bits per heavy atom. The molecule has 0 fully saturated rings. The highest BCUT2D eigenvalue weighted by Crippen LogP contribution is 2.29. The standard InChI is InChI=1S/C20H21N/c1-3-21-20(17-11-6-8-15(2)14-17)19-13-7-10-16-9-4-5-12-18(16)19/h4-14,20-21H,3H2,1-2H3. The topological polar surface area (TPSA) is 12.0 Å². The van der Waals surface area contributed by atoms with Gasteiger partial charge in [-0.3, -0.25) is 0 Å². The Labute approximate surface area is 126 Å². The lowest BCUT2D eigenvalue weighted by molar-refractivity contribution is 0.634. The average Bonchev–Trinajstić information content (AvgIpc) is 2.52. The number of hydrogen-bond acceptors (Lipinski definition) is 1. The van der Waals surface area contributed by atoms with E-state index < -0.39 is 0 Å². The van der Waals surface area contributed by atoms with E-state index in [2.05, 4.69) is 85.9 Å². The van der Waals surface area contributed by atoms with Crippen molar-refractivity contribution in [2.24, 2.45) is 0 Å². The van der Waals surface area contributed by atoms with E-state index in [-0.39, 0.29) is 6.04 Å². The number of benzene rings is 3. The van der Waals surface area contributed by atoms with Gasteiger partial charge in [-0.2, -0.15) is 0 Å². The lowest BCUT2D eigenvalue weighted by Crippen LogP contribution is -2.22. The molecule has 1 N–H and O–H groups in total. The molecule has 1 nitrogen and oxygen atoms in total. The third kappa shape index (κ3) is 2.84. The fraction of sp³-hybridized carbons (Fsp3) is 0.200. The predicted molar refractivity (Wildman–Crippen MR) is 90.6 cm³/mol. The summed E-state index contributed by atoms with van der Waals surface area (Å²) >= 11 is 0. The van der Waals surface area contributed by atoms with Gasteiger partial charge in [-0.05, 0) is 35.4 Å². The molecule has 1 heteroatoms. The van der Waals surface area contributed by atoms with Crippen molar-refractivity contribution in [1.82, 2.24) is 5.32 Å². The third-order valence-corrected chi connectivity index (χ3v) is 3.92. The first-order valence-electron chi connectivity index (χ1n) is 7.57. The Balaban J connectivity index is 2.16. The van der Waals surface area contributed by atoms with Crippen LogP contribution in [0.1, 0.15) is 29.7 Å². The van der Waals surface area contributed by atoms with Gasteiger partial charge in [0.25, 0.3) is 0 Å². The molecule has 0 spiro atoms. The smallest absolute Gasteiger partial charge is 0.0582 e. The number of fused-ring (bicyclic) bond motifs is 1. The zero-order valence-corrected chi connectivity index (χ0v) is 12.6. The summed E-state index contributed by atoms with van der Waals surface area (Å²) in [5.74, 6) is 0. The van der Waals surface area contributed by atoms with Crippen molar-refractivity contribution in [3.8, 4) is 0 Å². The first kappa shape index (κ1) is 13.8. The van der Waals surface area contributed by atoms with Crippen molar-refractivity contribution in [3.63, 3.8) is 0 Å². The van der Waals surface area contributed by atoms with Gasteiger partial charge in [-0.15, -0.1) is 0 Å². The van der Waals surface area contributed by atoms with Gasteiger partial charge in [0.2, 0.25) is 0 Å². The van der Waals surface area contributed by atoms with Gasteiger partial charge in [-0.25, -0.2) is 0 Å². The summed E-state index contributed by atoms with van der Waals surface area (Å²) in [6.07, 6.45) is 0. The van der Waals surface area contributed by atoms with E-state index in [4.69, 9.17) is 0 Å². The third-order valence-electron chi connectivity index (χ3n) is 3.92. The van der Waals surface area contributed by atoms with Gasteiger partial charge in [0.15, 0.2) is 0 Å². The number of aryl methyl sites for hydroxylation is 1. The van der Waals surface area contributed by atoms with E-state index in [0.717, 1.165) is 6.54 Å². The summed E-state index contributed by atoms with van der Waals surface area (Å²) in [4.78, 5) is 0. The van der Waals surface area contributed by atoms with Crippen LogP contribution in [0, 0.1) is 6.92 Å². The van der Waals surface area contributed by atoms with E-state index in [1.165, 1.54) is 27.5 Å². The quantitative estimate of drug-likeness (QED) is 0.718. The molecule has 0 radical (unpaired) electrons. The maximum atomic E-state index is 3.63. The lowest BCUT2D eigenvalue weighted by Gasteiger charge is -2.21. The van der Waals surface area contributed by atoms with Crippen LogP contribution in [0.15, 0.2) is 66.7 Å². The number of nitrogens with one attached hydrogen (secondary N) is 1. The fourth-order valence-corrected chi connectivity index (χ4v) is 2.96. The van der Waals surface area contributed by atoms with Crippen molar-refractivity contribution in [2.45, 2.75) is 19.9 Å². The molecule has 0 aliphatic rings. The van der Waals surface area contributed by atoms with Gasteiger partial charge < -0.3 is 5.32 Å². The molecular formula is C20H21N. The van der Waals surface area contributed by atoms with E-state index >= 15 is 0 Å². The highest BCUT2D eigenvalue weighted by atomic mass is 14.9. The Morgan fingerprint density at radius 3 is 2.48 bits per heavy atom. The summed E-state index contributed by atoms with van der Waals surface area (Å²) < 4.78 is 0.